The Morgan fingerprint density at radius 3 is 1.84 bits per heavy atom. The zero-order valence-corrected chi connectivity index (χ0v) is 22.0. The van der Waals surface area contributed by atoms with E-state index in [-0.39, 0.29) is 5.60 Å². The summed E-state index contributed by atoms with van der Waals surface area (Å²) in [6.45, 7) is 3.01. The van der Waals surface area contributed by atoms with E-state index in [1.165, 1.54) is 24.0 Å². The lowest BCUT2D eigenvalue weighted by Gasteiger charge is -2.59. The number of aryl methyl sites for hydroxylation is 1. The van der Waals surface area contributed by atoms with Crippen molar-refractivity contribution in [1.29, 1.82) is 0 Å². The maximum Gasteiger partial charge on any atom is 0.405 e. The van der Waals surface area contributed by atoms with Crippen molar-refractivity contribution >= 4 is 12.1 Å². The second-order valence-electron chi connectivity index (χ2n) is 10.8. The Kier molecular flexibility index (Phi) is 9.19. The Bertz CT molecular complexity index is 1150. The molecule has 7 rings (SSSR count). The number of benzene rings is 3. The summed E-state index contributed by atoms with van der Waals surface area (Å²) < 4.78 is 5.57. The second kappa shape index (κ2) is 12.7. The molecule has 3 aromatic carbocycles. The maximum atomic E-state index is 11.3. The molecule has 4 bridgehead atoms. The van der Waals surface area contributed by atoms with Crippen LogP contribution in [0.1, 0.15) is 53.6 Å². The van der Waals surface area contributed by atoms with E-state index in [0.29, 0.717) is 29.4 Å². The van der Waals surface area contributed by atoms with Crippen molar-refractivity contribution in [3.8, 4) is 0 Å². The fourth-order valence-corrected chi connectivity index (χ4v) is 6.57. The highest BCUT2D eigenvalue weighted by molar-refractivity contribution is 5.87. The van der Waals surface area contributed by atoms with E-state index in [4.69, 9.17) is 15.6 Å². The van der Waals surface area contributed by atoms with Crippen molar-refractivity contribution in [1.82, 2.24) is 5.32 Å². The molecule has 0 spiro atoms. The van der Waals surface area contributed by atoms with Gasteiger partial charge in [0.05, 0.1) is 5.56 Å². The second-order valence-corrected chi connectivity index (χ2v) is 10.8. The molecule has 0 saturated heterocycles. The van der Waals surface area contributed by atoms with Gasteiger partial charge in [0, 0.05) is 12.6 Å². The standard InChI is InChI=1S/C18H24N2O2.C7H6O2.C7H8/c19-17(21)22-18-8-13-6-14(9-18)16(15(7-13)10-18)20-11-12-4-2-1-3-5-12;8-7(9)6-4-2-1-3-5-6;1-7-5-3-2-4-6-7/h1-5,13-16,20H,6-11H2,(H2,19,21);1-5H,(H,8,9);2-6H,1H3. The van der Waals surface area contributed by atoms with Gasteiger partial charge in [-0.2, -0.15) is 0 Å². The van der Waals surface area contributed by atoms with Crippen molar-refractivity contribution in [3.63, 3.8) is 0 Å². The predicted molar refractivity (Wildman–Crippen MR) is 149 cm³/mol. The first-order chi connectivity index (χ1) is 18.3. The quantitative estimate of drug-likeness (QED) is 0.376. The van der Waals surface area contributed by atoms with E-state index < -0.39 is 12.1 Å². The molecule has 1 amide bonds. The van der Waals surface area contributed by atoms with Crippen LogP contribution >= 0.6 is 0 Å². The zero-order valence-electron chi connectivity index (χ0n) is 22.0. The van der Waals surface area contributed by atoms with Gasteiger partial charge in [0.2, 0.25) is 0 Å². The zero-order chi connectivity index (χ0) is 27.0. The molecule has 0 aromatic heterocycles. The lowest BCUT2D eigenvalue weighted by molar-refractivity contribution is -0.139. The molecule has 0 radical (unpaired) electrons. The van der Waals surface area contributed by atoms with Crippen LogP contribution in [0.3, 0.4) is 0 Å². The van der Waals surface area contributed by atoms with Gasteiger partial charge in [-0.15, -0.1) is 0 Å². The van der Waals surface area contributed by atoms with Crippen LogP contribution in [0.2, 0.25) is 0 Å². The molecule has 3 aromatic rings. The molecule has 38 heavy (non-hydrogen) atoms. The summed E-state index contributed by atoms with van der Waals surface area (Å²) in [5.74, 6) is 1.07. The van der Waals surface area contributed by atoms with Crippen molar-refractivity contribution < 1.29 is 19.4 Å². The average Bonchev–Trinajstić information content (AvgIpc) is 2.89. The predicted octanol–water partition coefficient (Wildman–Crippen LogP) is 6.20. The first kappa shape index (κ1) is 27.4. The fraction of sp³-hybridized carbons (Fsp3) is 0.375. The molecule has 2 unspecified atom stereocenters. The third kappa shape index (κ3) is 7.45. The third-order valence-electron chi connectivity index (χ3n) is 7.88. The van der Waals surface area contributed by atoms with E-state index >= 15 is 0 Å². The summed E-state index contributed by atoms with van der Waals surface area (Å²) in [7, 11) is 0. The topological polar surface area (TPSA) is 102 Å². The minimum absolute atomic E-state index is 0.257. The van der Waals surface area contributed by atoms with Crippen LogP contribution in [0.5, 0.6) is 0 Å². The average molecular weight is 515 g/mol. The largest absolute Gasteiger partial charge is 0.478 e. The minimum atomic E-state index is -0.879. The highest BCUT2D eigenvalue weighted by Crippen LogP contribution is 2.57. The van der Waals surface area contributed by atoms with E-state index in [2.05, 4.69) is 54.7 Å². The Morgan fingerprint density at radius 2 is 1.39 bits per heavy atom. The summed E-state index contributed by atoms with van der Waals surface area (Å²) in [5.41, 5.74) is 8.04. The van der Waals surface area contributed by atoms with Crippen LogP contribution < -0.4 is 11.1 Å². The first-order valence-electron chi connectivity index (χ1n) is 13.4. The molecule has 4 saturated carbocycles. The number of hydrogen-bond acceptors (Lipinski definition) is 4. The Morgan fingerprint density at radius 1 is 0.868 bits per heavy atom. The molecule has 0 heterocycles. The number of primary amides is 1. The lowest BCUT2D eigenvalue weighted by atomic mass is 9.52. The summed E-state index contributed by atoms with van der Waals surface area (Å²) in [5, 5.41) is 12.2. The Hall–Kier alpha value is -3.64. The van der Waals surface area contributed by atoms with Crippen LogP contribution in [-0.4, -0.2) is 28.8 Å². The number of carboxylic acids is 1. The number of amides is 1. The molecule has 0 aliphatic heterocycles. The smallest absolute Gasteiger partial charge is 0.405 e. The third-order valence-corrected chi connectivity index (χ3v) is 7.88. The van der Waals surface area contributed by atoms with E-state index in [0.717, 1.165) is 25.8 Å². The number of hydrogen-bond donors (Lipinski definition) is 3. The van der Waals surface area contributed by atoms with Gasteiger partial charge in [0.25, 0.3) is 0 Å². The molecule has 200 valence electrons. The van der Waals surface area contributed by atoms with Gasteiger partial charge in [-0.3, -0.25) is 0 Å². The number of nitrogens with two attached hydrogens (primary N) is 1. The van der Waals surface area contributed by atoms with Gasteiger partial charge < -0.3 is 20.9 Å². The Balaban J connectivity index is 0.000000172. The number of nitrogens with one attached hydrogen (secondary N) is 1. The molecular weight excluding hydrogens is 476 g/mol. The monoisotopic (exact) mass is 514 g/mol. The minimum Gasteiger partial charge on any atom is -0.478 e. The Labute approximate surface area is 225 Å². The molecule has 6 nitrogen and oxygen atoms in total. The SMILES string of the molecule is Cc1ccccc1.NC(=O)OC12CC3CC(C1)C(NCc1ccccc1)C(C3)C2.O=C(O)c1ccccc1. The van der Waals surface area contributed by atoms with Gasteiger partial charge in [0.15, 0.2) is 0 Å². The summed E-state index contributed by atoms with van der Waals surface area (Å²) in [4.78, 5) is 21.5. The molecular formula is C32H38N2O4. The first-order valence-corrected chi connectivity index (χ1v) is 13.4. The van der Waals surface area contributed by atoms with Crippen molar-refractivity contribution in [2.45, 2.75) is 57.2 Å². The maximum absolute atomic E-state index is 11.3. The highest BCUT2D eigenvalue weighted by Gasteiger charge is 2.57. The van der Waals surface area contributed by atoms with Crippen LogP contribution in [0.15, 0.2) is 91.0 Å². The molecule has 4 aliphatic carbocycles. The van der Waals surface area contributed by atoms with Crippen LogP contribution in [0, 0.1) is 24.7 Å². The summed E-state index contributed by atoms with van der Waals surface area (Å²) in [6, 6.07) is 29.7. The molecule has 6 heteroatoms. The van der Waals surface area contributed by atoms with Gasteiger partial charge in [-0.1, -0.05) is 84.4 Å². The molecule has 2 atom stereocenters. The molecule has 4 aliphatic rings. The van der Waals surface area contributed by atoms with E-state index in [9.17, 15) is 9.59 Å². The number of carbonyl (C=O) groups is 2. The molecule has 4 fully saturated rings. The summed E-state index contributed by atoms with van der Waals surface area (Å²) >= 11 is 0. The molecule has 4 N–H and O–H groups in total. The number of ether oxygens (including phenoxy) is 1. The van der Waals surface area contributed by atoms with Gasteiger partial charge in [-0.05, 0) is 74.5 Å². The van der Waals surface area contributed by atoms with Crippen molar-refractivity contribution in [3.05, 3.63) is 108 Å². The van der Waals surface area contributed by atoms with Crippen LogP contribution in [0.4, 0.5) is 4.79 Å². The van der Waals surface area contributed by atoms with E-state index in [1.54, 1.807) is 30.3 Å². The van der Waals surface area contributed by atoms with Crippen LogP contribution in [0.25, 0.3) is 0 Å². The van der Waals surface area contributed by atoms with E-state index in [1.807, 2.05) is 18.2 Å². The number of carboxylic acid groups (broad SMARTS) is 1. The fourth-order valence-electron chi connectivity index (χ4n) is 6.57. The number of aromatic carboxylic acids is 1. The number of rotatable bonds is 5. The lowest BCUT2D eigenvalue weighted by Crippen LogP contribution is -2.62. The van der Waals surface area contributed by atoms with Crippen molar-refractivity contribution in [2.75, 3.05) is 0 Å². The van der Waals surface area contributed by atoms with Crippen LogP contribution in [-0.2, 0) is 11.3 Å². The van der Waals surface area contributed by atoms with Gasteiger partial charge in [0.1, 0.15) is 5.60 Å². The summed E-state index contributed by atoms with van der Waals surface area (Å²) in [6.07, 6.45) is 4.93. The highest BCUT2D eigenvalue weighted by atomic mass is 16.6. The van der Waals surface area contributed by atoms with Crippen molar-refractivity contribution in [2.24, 2.45) is 23.5 Å². The van der Waals surface area contributed by atoms with Gasteiger partial charge >= 0.3 is 12.1 Å². The van der Waals surface area contributed by atoms with Gasteiger partial charge in [-0.25, -0.2) is 9.59 Å². The normalized spacial score (nSPS) is 26.2. The number of carbonyl (C=O) groups excluding carboxylic acids is 1.